The maximum atomic E-state index is 7.89. The van der Waals surface area contributed by atoms with Gasteiger partial charge < -0.3 is 10.6 Å². The van der Waals surface area contributed by atoms with Crippen molar-refractivity contribution in [1.29, 1.82) is 5.41 Å². The number of nitrogen functional groups attached to an aromatic ring is 1. The van der Waals surface area contributed by atoms with Gasteiger partial charge in [0.1, 0.15) is 11.7 Å². The van der Waals surface area contributed by atoms with E-state index in [1.54, 1.807) is 0 Å². The molecule has 2 heterocycles. The molecule has 3 N–H and O–H groups in total. The van der Waals surface area contributed by atoms with Gasteiger partial charge in [0.15, 0.2) is 0 Å². The van der Waals surface area contributed by atoms with E-state index in [1.807, 2.05) is 19.9 Å². The third-order valence-corrected chi connectivity index (χ3v) is 4.12. The Morgan fingerprint density at radius 2 is 2.20 bits per heavy atom. The average Bonchev–Trinajstić information content (AvgIpc) is 2.38. The van der Waals surface area contributed by atoms with Gasteiger partial charge in [-0.15, -0.1) is 0 Å². The van der Waals surface area contributed by atoms with Crippen LogP contribution in [0, 0.1) is 19.3 Å². The van der Waals surface area contributed by atoms with Crippen molar-refractivity contribution in [2.45, 2.75) is 58.9 Å². The second-order valence-corrected chi connectivity index (χ2v) is 5.82. The number of aromatic nitrogens is 1. The van der Waals surface area contributed by atoms with E-state index in [4.69, 9.17) is 16.1 Å². The summed E-state index contributed by atoms with van der Waals surface area (Å²) >= 11 is 0. The van der Waals surface area contributed by atoms with Crippen LogP contribution in [0.15, 0.2) is 6.07 Å². The van der Waals surface area contributed by atoms with Crippen molar-refractivity contribution in [2.75, 3.05) is 11.4 Å². The average molecular weight is 274 g/mol. The Labute approximate surface area is 121 Å². The second kappa shape index (κ2) is 6.25. The fourth-order valence-electron chi connectivity index (χ4n) is 3.27. The van der Waals surface area contributed by atoms with Crippen LogP contribution in [0.5, 0.6) is 0 Å². The summed E-state index contributed by atoms with van der Waals surface area (Å²) in [6.07, 6.45) is 6.08. The highest BCUT2D eigenvalue weighted by Crippen LogP contribution is 2.30. The zero-order valence-corrected chi connectivity index (χ0v) is 12.9. The van der Waals surface area contributed by atoms with E-state index in [1.165, 1.54) is 32.1 Å². The van der Waals surface area contributed by atoms with Crippen molar-refractivity contribution in [2.24, 2.45) is 5.73 Å². The number of amidine groups is 1. The first kappa shape index (κ1) is 14.8. The summed E-state index contributed by atoms with van der Waals surface area (Å²) < 4.78 is 0. The first-order valence-corrected chi connectivity index (χ1v) is 7.63. The van der Waals surface area contributed by atoms with Crippen LogP contribution in [0.1, 0.15) is 55.8 Å². The Kier molecular flexibility index (Phi) is 4.63. The molecule has 0 saturated carbocycles. The van der Waals surface area contributed by atoms with E-state index in [-0.39, 0.29) is 5.84 Å². The number of rotatable bonds is 4. The van der Waals surface area contributed by atoms with Crippen LogP contribution in [0.2, 0.25) is 0 Å². The van der Waals surface area contributed by atoms with E-state index < -0.39 is 0 Å². The van der Waals surface area contributed by atoms with Crippen molar-refractivity contribution in [3.05, 3.63) is 22.9 Å². The number of aryl methyl sites for hydroxylation is 2. The first-order valence-electron chi connectivity index (χ1n) is 7.63. The molecule has 1 fully saturated rings. The summed E-state index contributed by atoms with van der Waals surface area (Å²) in [5.41, 5.74) is 8.69. The van der Waals surface area contributed by atoms with Crippen LogP contribution in [-0.4, -0.2) is 23.4 Å². The van der Waals surface area contributed by atoms with Crippen LogP contribution < -0.4 is 10.6 Å². The third kappa shape index (κ3) is 2.94. The number of pyridine rings is 1. The molecule has 1 aliphatic rings. The predicted octanol–water partition coefficient (Wildman–Crippen LogP) is 3.14. The van der Waals surface area contributed by atoms with Gasteiger partial charge in [-0.3, -0.25) is 5.41 Å². The standard InChI is InChI=1S/C16H26N4/c1-4-7-13-8-5-6-9-20(13)16-14(15(17)18)11(2)10-12(3)19-16/h10,13H,4-9H2,1-3H3,(H3,17,18). The SMILES string of the molecule is CCCC1CCCCN1c1nc(C)cc(C)c1C(=N)N. The lowest BCUT2D eigenvalue weighted by molar-refractivity contribution is 0.431. The van der Waals surface area contributed by atoms with Gasteiger partial charge in [-0.2, -0.15) is 0 Å². The maximum absolute atomic E-state index is 7.89. The molecule has 0 amide bonds. The monoisotopic (exact) mass is 274 g/mol. The van der Waals surface area contributed by atoms with E-state index in [2.05, 4.69) is 11.8 Å². The zero-order chi connectivity index (χ0) is 14.7. The molecular formula is C16H26N4. The highest BCUT2D eigenvalue weighted by atomic mass is 15.2. The van der Waals surface area contributed by atoms with Gasteiger partial charge in [-0.25, -0.2) is 4.98 Å². The molecule has 20 heavy (non-hydrogen) atoms. The molecule has 2 rings (SSSR count). The molecule has 110 valence electrons. The summed E-state index contributed by atoms with van der Waals surface area (Å²) in [5.74, 6) is 1.05. The smallest absolute Gasteiger partial charge is 0.140 e. The van der Waals surface area contributed by atoms with E-state index >= 15 is 0 Å². The zero-order valence-electron chi connectivity index (χ0n) is 12.9. The van der Waals surface area contributed by atoms with Gasteiger partial charge in [0.05, 0.1) is 5.56 Å². The molecule has 1 atom stereocenters. The molecular weight excluding hydrogens is 248 g/mol. The van der Waals surface area contributed by atoms with Crippen molar-refractivity contribution in [3.63, 3.8) is 0 Å². The molecule has 4 heteroatoms. The lowest BCUT2D eigenvalue weighted by Crippen LogP contribution is -2.41. The van der Waals surface area contributed by atoms with Gasteiger partial charge >= 0.3 is 0 Å². The van der Waals surface area contributed by atoms with Gasteiger partial charge in [-0.1, -0.05) is 13.3 Å². The van der Waals surface area contributed by atoms with E-state index in [0.29, 0.717) is 6.04 Å². The van der Waals surface area contributed by atoms with Crippen LogP contribution >= 0.6 is 0 Å². The number of hydrogen-bond acceptors (Lipinski definition) is 3. The van der Waals surface area contributed by atoms with Gasteiger partial charge in [0.2, 0.25) is 0 Å². The molecule has 0 aliphatic carbocycles. The van der Waals surface area contributed by atoms with Crippen molar-refractivity contribution in [1.82, 2.24) is 4.98 Å². The van der Waals surface area contributed by atoms with E-state index in [0.717, 1.165) is 29.2 Å². The topological polar surface area (TPSA) is 66.0 Å². The Bertz CT molecular complexity index is 493. The summed E-state index contributed by atoms with van der Waals surface area (Å²) in [6.45, 7) is 7.29. The highest BCUT2D eigenvalue weighted by Gasteiger charge is 2.26. The third-order valence-electron chi connectivity index (χ3n) is 4.12. The molecule has 0 radical (unpaired) electrons. The number of hydrogen-bond donors (Lipinski definition) is 2. The molecule has 0 bridgehead atoms. The quantitative estimate of drug-likeness (QED) is 0.655. The van der Waals surface area contributed by atoms with Gasteiger partial charge in [0.25, 0.3) is 0 Å². The van der Waals surface area contributed by atoms with Gasteiger partial charge in [0, 0.05) is 18.3 Å². The minimum absolute atomic E-state index is 0.130. The van der Waals surface area contributed by atoms with E-state index in [9.17, 15) is 0 Å². The number of nitrogens with two attached hydrogens (primary N) is 1. The fourth-order valence-corrected chi connectivity index (χ4v) is 3.27. The largest absolute Gasteiger partial charge is 0.384 e. The van der Waals surface area contributed by atoms with Crippen LogP contribution in [0.3, 0.4) is 0 Å². The highest BCUT2D eigenvalue weighted by molar-refractivity contribution is 6.01. The Balaban J connectivity index is 2.46. The van der Waals surface area contributed by atoms with Crippen LogP contribution in [0.4, 0.5) is 5.82 Å². The Morgan fingerprint density at radius 1 is 1.45 bits per heavy atom. The molecule has 1 saturated heterocycles. The summed E-state index contributed by atoms with van der Waals surface area (Å²) in [4.78, 5) is 7.11. The Morgan fingerprint density at radius 3 is 2.85 bits per heavy atom. The predicted molar refractivity (Wildman–Crippen MR) is 84.6 cm³/mol. The van der Waals surface area contributed by atoms with Crippen molar-refractivity contribution >= 4 is 11.7 Å². The molecule has 1 aromatic rings. The Hall–Kier alpha value is -1.58. The minimum Gasteiger partial charge on any atom is -0.384 e. The summed E-state index contributed by atoms with van der Waals surface area (Å²) in [5, 5.41) is 7.89. The lowest BCUT2D eigenvalue weighted by atomic mass is 9.96. The second-order valence-electron chi connectivity index (χ2n) is 5.82. The van der Waals surface area contributed by atoms with Crippen molar-refractivity contribution < 1.29 is 0 Å². The summed E-state index contributed by atoms with van der Waals surface area (Å²) in [6, 6.07) is 2.56. The summed E-state index contributed by atoms with van der Waals surface area (Å²) in [7, 11) is 0. The number of piperidine rings is 1. The van der Waals surface area contributed by atoms with Crippen LogP contribution in [0.25, 0.3) is 0 Å². The number of nitrogens with one attached hydrogen (secondary N) is 1. The number of nitrogens with zero attached hydrogens (tertiary/aromatic N) is 2. The normalized spacial score (nSPS) is 19.1. The minimum atomic E-state index is 0.130. The number of anilines is 1. The molecule has 0 spiro atoms. The molecule has 1 unspecified atom stereocenters. The van der Waals surface area contributed by atoms with Crippen LogP contribution in [-0.2, 0) is 0 Å². The molecule has 4 nitrogen and oxygen atoms in total. The van der Waals surface area contributed by atoms with Gasteiger partial charge in [-0.05, 0) is 51.2 Å². The first-order chi connectivity index (χ1) is 9.54. The lowest BCUT2D eigenvalue weighted by Gasteiger charge is -2.38. The molecule has 1 aromatic heterocycles. The molecule has 1 aliphatic heterocycles. The van der Waals surface area contributed by atoms with Crippen molar-refractivity contribution in [3.8, 4) is 0 Å². The fraction of sp³-hybridized carbons (Fsp3) is 0.625. The maximum Gasteiger partial charge on any atom is 0.140 e. The molecule has 0 aromatic carbocycles.